The smallest absolute Gasteiger partial charge is 0.435 e. The highest BCUT2D eigenvalue weighted by Gasteiger charge is 2.50. The molecule has 1 aliphatic rings. The maximum Gasteiger partial charge on any atom is 0.513 e. The molecule has 1 saturated heterocycles. The Morgan fingerprint density at radius 1 is 1.27 bits per heavy atom. The van der Waals surface area contributed by atoms with Gasteiger partial charge in [0.25, 0.3) is 5.91 Å². The second-order valence-electron chi connectivity index (χ2n) is 8.13. The van der Waals surface area contributed by atoms with Crippen LogP contribution in [-0.4, -0.2) is 45.2 Å². The van der Waals surface area contributed by atoms with Gasteiger partial charge in [-0.2, -0.15) is 4.79 Å². The summed E-state index contributed by atoms with van der Waals surface area (Å²) in [5.74, 6) is -0.214. The first-order chi connectivity index (χ1) is 12.1. The summed E-state index contributed by atoms with van der Waals surface area (Å²) in [6.07, 6.45) is 2.75. The van der Waals surface area contributed by atoms with Gasteiger partial charge in [0.15, 0.2) is 0 Å². The first kappa shape index (κ1) is 18.9. The van der Waals surface area contributed by atoms with Gasteiger partial charge < -0.3 is 15.8 Å². The molecular formula is C19H25BrN3O3+. The van der Waals surface area contributed by atoms with Crippen molar-refractivity contribution < 1.29 is 19.2 Å². The molecule has 7 heteroatoms. The average molecular weight is 423 g/mol. The number of nitrogens with two attached hydrogens (primary N) is 1. The molecule has 1 aliphatic heterocycles. The van der Waals surface area contributed by atoms with Crippen LogP contribution in [0, 0.1) is 0 Å². The molecule has 2 heterocycles. The number of carboxylic acid groups (broad SMARTS) is 1. The van der Waals surface area contributed by atoms with Crippen molar-refractivity contribution in [2.45, 2.75) is 45.1 Å². The van der Waals surface area contributed by atoms with Gasteiger partial charge in [0.05, 0.1) is 24.2 Å². The van der Waals surface area contributed by atoms with E-state index in [1.54, 1.807) is 6.07 Å². The summed E-state index contributed by atoms with van der Waals surface area (Å²) in [6, 6.07) is 3.71. The third kappa shape index (κ3) is 2.93. The number of hydrogen-bond donors (Lipinski definition) is 3. The standard InChI is InChI=1S/C19H24BrN3O3/c1-19(2,3)23(18(25)26)6-4-11(5-7-23)15-10-22-16-13(15)8-12(20)9-14(16)17(21)24/h8-11H,4-7H2,1-3H3,(H3-,21,22,24,25,26)/p+1. The number of nitrogens with zero attached hydrogens (tertiary/aromatic N) is 1. The van der Waals surface area contributed by atoms with E-state index in [0.717, 1.165) is 33.8 Å². The Balaban J connectivity index is 1.96. The lowest BCUT2D eigenvalue weighted by atomic mass is 9.85. The zero-order valence-electron chi connectivity index (χ0n) is 15.3. The van der Waals surface area contributed by atoms with Gasteiger partial charge in [-0.05, 0) is 44.4 Å². The second kappa shape index (κ2) is 6.39. The predicted octanol–water partition coefficient (Wildman–Crippen LogP) is 4.20. The molecule has 0 bridgehead atoms. The van der Waals surface area contributed by atoms with E-state index in [4.69, 9.17) is 5.73 Å². The number of likely N-dealkylation sites (tertiary alicyclic amines) is 1. The lowest BCUT2D eigenvalue weighted by molar-refractivity contribution is -0.908. The number of benzene rings is 1. The molecule has 1 fully saturated rings. The van der Waals surface area contributed by atoms with Crippen molar-refractivity contribution in [1.29, 1.82) is 0 Å². The number of carbonyl (C=O) groups excluding carboxylic acids is 1. The number of quaternary nitrogens is 1. The van der Waals surface area contributed by atoms with Gasteiger partial charge in [-0.3, -0.25) is 4.79 Å². The van der Waals surface area contributed by atoms with Gasteiger partial charge in [-0.1, -0.05) is 15.9 Å². The van der Waals surface area contributed by atoms with Crippen LogP contribution in [0.3, 0.4) is 0 Å². The van der Waals surface area contributed by atoms with E-state index in [2.05, 4.69) is 20.9 Å². The normalized spacial score (nSPS) is 23.9. The summed E-state index contributed by atoms with van der Waals surface area (Å²) in [4.78, 5) is 26.9. The highest BCUT2D eigenvalue weighted by molar-refractivity contribution is 9.10. The minimum atomic E-state index is -0.756. The Morgan fingerprint density at radius 2 is 1.88 bits per heavy atom. The number of aromatic nitrogens is 1. The fraction of sp³-hybridized carbons (Fsp3) is 0.474. The monoisotopic (exact) mass is 422 g/mol. The number of primary amides is 1. The summed E-state index contributed by atoms with van der Waals surface area (Å²) in [7, 11) is 0. The molecule has 1 aromatic carbocycles. The average Bonchev–Trinajstić information content (AvgIpc) is 2.96. The van der Waals surface area contributed by atoms with Crippen LogP contribution in [0.4, 0.5) is 4.79 Å². The quantitative estimate of drug-likeness (QED) is 0.632. The molecular weight excluding hydrogens is 398 g/mol. The maximum absolute atomic E-state index is 12.0. The van der Waals surface area contributed by atoms with Crippen LogP contribution < -0.4 is 5.73 Å². The summed E-state index contributed by atoms with van der Waals surface area (Å²) in [5, 5.41) is 10.8. The molecule has 0 atom stereocenters. The van der Waals surface area contributed by atoms with Crippen LogP contribution in [0.1, 0.15) is 55.5 Å². The number of halogens is 1. The molecule has 3 rings (SSSR count). The minimum Gasteiger partial charge on any atom is -0.435 e. The van der Waals surface area contributed by atoms with Gasteiger partial charge in [0, 0.05) is 28.9 Å². The van der Waals surface area contributed by atoms with Crippen LogP contribution in [0.25, 0.3) is 10.9 Å². The molecule has 1 aromatic heterocycles. The van der Waals surface area contributed by atoms with E-state index in [1.807, 2.05) is 33.0 Å². The van der Waals surface area contributed by atoms with Gasteiger partial charge >= 0.3 is 6.09 Å². The Morgan fingerprint density at radius 3 is 2.38 bits per heavy atom. The van der Waals surface area contributed by atoms with E-state index in [9.17, 15) is 14.7 Å². The van der Waals surface area contributed by atoms with E-state index in [1.165, 1.54) is 0 Å². The third-order valence-electron chi connectivity index (χ3n) is 5.86. The number of carbonyl (C=O) groups is 2. The van der Waals surface area contributed by atoms with E-state index in [0.29, 0.717) is 18.7 Å². The number of nitrogens with one attached hydrogen (secondary N) is 1. The van der Waals surface area contributed by atoms with Crippen molar-refractivity contribution >= 4 is 38.8 Å². The van der Waals surface area contributed by atoms with Gasteiger partial charge in [0.1, 0.15) is 5.54 Å². The van der Waals surface area contributed by atoms with Gasteiger partial charge in [-0.25, -0.2) is 4.48 Å². The van der Waals surface area contributed by atoms with Gasteiger partial charge in [0.2, 0.25) is 0 Å². The summed E-state index contributed by atoms with van der Waals surface area (Å²) in [6.45, 7) is 7.15. The number of amides is 2. The molecule has 140 valence electrons. The van der Waals surface area contributed by atoms with Gasteiger partial charge in [-0.15, -0.1) is 0 Å². The highest BCUT2D eigenvalue weighted by Crippen LogP contribution is 2.40. The zero-order valence-corrected chi connectivity index (χ0v) is 16.9. The zero-order chi connectivity index (χ0) is 19.3. The Kier molecular flexibility index (Phi) is 4.65. The van der Waals surface area contributed by atoms with E-state index < -0.39 is 12.0 Å². The summed E-state index contributed by atoms with van der Waals surface area (Å²) >= 11 is 3.46. The van der Waals surface area contributed by atoms with Crippen LogP contribution >= 0.6 is 15.9 Å². The van der Waals surface area contributed by atoms with Crippen molar-refractivity contribution in [1.82, 2.24) is 4.98 Å². The molecule has 2 aromatic rings. The summed E-state index contributed by atoms with van der Waals surface area (Å²) < 4.78 is 0.892. The molecule has 2 amide bonds. The van der Waals surface area contributed by atoms with E-state index >= 15 is 0 Å². The summed E-state index contributed by atoms with van der Waals surface area (Å²) in [5.41, 5.74) is 7.49. The van der Waals surface area contributed by atoms with Crippen molar-refractivity contribution in [3.05, 3.63) is 33.9 Å². The maximum atomic E-state index is 12.0. The SMILES string of the molecule is CC(C)(C)[N+]1(C(=O)O)CCC(c2c[nH]c3c(C(N)=O)cc(Br)cc23)CC1. The molecule has 4 N–H and O–H groups in total. The third-order valence-corrected chi connectivity index (χ3v) is 6.32. The Labute approximate surface area is 161 Å². The fourth-order valence-electron chi connectivity index (χ4n) is 4.22. The lowest BCUT2D eigenvalue weighted by Crippen LogP contribution is -2.65. The first-order valence-electron chi connectivity index (χ1n) is 8.78. The molecule has 0 unspecified atom stereocenters. The highest BCUT2D eigenvalue weighted by atomic mass is 79.9. The minimum absolute atomic E-state index is 0.0854. The van der Waals surface area contributed by atoms with Crippen LogP contribution in [0.5, 0.6) is 0 Å². The molecule has 0 saturated carbocycles. The Hall–Kier alpha value is -1.86. The van der Waals surface area contributed by atoms with Crippen LogP contribution in [-0.2, 0) is 0 Å². The first-order valence-corrected chi connectivity index (χ1v) is 9.57. The van der Waals surface area contributed by atoms with Crippen LogP contribution in [0.2, 0.25) is 0 Å². The lowest BCUT2D eigenvalue weighted by Gasteiger charge is -2.47. The predicted molar refractivity (Wildman–Crippen MR) is 104 cm³/mol. The fourth-order valence-corrected chi connectivity index (χ4v) is 4.68. The number of piperidine rings is 1. The van der Waals surface area contributed by atoms with Crippen molar-refractivity contribution in [3.63, 3.8) is 0 Å². The van der Waals surface area contributed by atoms with Crippen molar-refractivity contribution in [2.75, 3.05) is 13.1 Å². The molecule has 6 nitrogen and oxygen atoms in total. The topological polar surface area (TPSA) is 96.2 Å². The second-order valence-corrected chi connectivity index (χ2v) is 9.04. The molecule has 0 radical (unpaired) electrons. The number of H-pyrrole nitrogens is 1. The Bertz CT molecular complexity index is 874. The number of rotatable bonds is 2. The number of hydrogen-bond acceptors (Lipinski definition) is 2. The van der Waals surface area contributed by atoms with Crippen LogP contribution in [0.15, 0.2) is 22.8 Å². The van der Waals surface area contributed by atoms with E-state index in [-0.39, 0.29) is 15.9 Å². The van der Waals surface area contributed by atoms with Crippen molar-refractivity contribution in [3.8, 4) is 0 Å². The number of fused-ring (bicyclic) bond motifs is 1. The molecule has 0 spiro atoms. The largest absolute Gasteiger partial charge is 0.513 e. The number of aromatic amines is 1. The molecule has 0 aliphatic carbocycles. The molecule has 26 heavy (non-hydrogen) atoms. The van der Waals surface area contributed by atoms with Crippen molar-refractivity contribution in [2.24, 2.45) is 5.73 Å².